The van der Waals surface area contributed by atoms with Crippen molar-refractivity contribution in [2.75, 3.05) is 46.4 Å². The van der Waals surface area contributed by atoms with Crippen molar-refractivity contribution in [1.29, 1.82) is 5.41 Å². The molecule has 0 aliphatic carbocycles. The maximum Gasteiger partial charge on any atom is 0.272 e. The van der Waals surface area contributed by atoms with Crippen LogP contribution in [0, 0.1) is 11.3 Å². The van der Waals surface area contributed by atoms with E-state index in [0.717, 1.165) is 10.8 Å². The molecule has 10 atom stereocenters. The number of amides is 14. The van der Waals surface area contributed by atoms with Crippen molar-refractivity contribution < 1.29 is 72.2 Å². The number of nitrogens with two attached hydrogens (primary N) is 2. The van der Waals surface area contributed by atoms with Gasteiger partial charge in [-0.1, -0.05) is 98.2 Å². The van der Waals surface area contributed by atoms with Gasteiger partial charge in [-0.25, -0.2) is 0 Å². The van der Waals surface area contributed by atoms with E-state index in [9.17, 15) is 62.6 Å². The first-order valence-electron chi connectivity index (χ1n) is 39.2. The number of carbonyl (C=O) groups is 14. The number of nitrogens with one attached hydrogen (secondary N) is 13. The summed E-state index contributed by atoms with van der Waals surface area (Å²) >= 11 is 6.27. The summed E-state index contributed by atoms with van der Waals surface area (Å²) in [5.74, 6) is -11.4. The van der Waals surface area contributed by atoms with Crippen molar-refractivity contribution in [3.63, 3.8) is 0 Å². The summed E-state index contributed by atoms with van der Waals surface area (Å²) in [5.41, 5.74) is 12.9. The molecule has 3 aromatic heterocycles. The summed E-state index contributed by atoms with van der Waals surface area (Å²) in [4.78, 5) is 211. The third-order valence-electron chi connectivity index (χ3n) is 19.3. The van der Waals surface area contributed by atoms with Gasteiger partial charge in [0.1, 0.15) is 71.8 Å². The lowest BCUT2D eigenvalue weighted by molar-refractivity contribution is -0.142. The van der Waals surface area contributed by atoms with Gasteiger partial charge in [0, 0.05) is 89.2 Å². The molecule has 632 valence electrons. The van der Waals surface area contributed by atoms with Crippen LogP contribution in [0.5, 0.6) is 0 Å². The van der Waals surface area contributed by atoms with Gasteiger partial charge in [0.2, 0.25) is 70.9 Å². The van der Waals surface area contributed by atoms with Crippen molar-refractivity contribution in [2.45, 2.75) is 178 Å². The van der Waals surface area contributed by atoms with Crippen molar-refractivity contribution in [1.82, 2.24) is 88.6 Å². The standard InChI is InChI=1S/C82H107ClN20O15/c1-49(2)41-63(74(111)97-62(26-17-39-92-82(85)86)81(118)103-40-18-27-68(103)79(116)93-50(3)70(84)107)98-73(110)60(23-9-14-37-90-69(106)47-102(5)80(117)61-25-11-13-36-89-61)95-72(109)59(24-10-15-38-91-71(108)58-22-8-12-35-88-58)96-78(115)67(48-104)101-77(114)66(45-54-19-16-34-87-46-54)100-76(113)65(43-52-29-32-57(83)33-30-52)99-75(112)64(94-51(4)105)44-53-28-31-55-20-6-7-21-56(55)42-53/h6-8,11-13,16,19-22,25,28-36,42,46,49-50,59-60,62-68,104H,9-10,14-15,17-18,23-24,26-27,37-41,43-45,47-48H2,1-5H3,(H2,84,107)(H,90,106)(H,91,108)(H,93,116)(H,94,105)(H,95,109)(H,96,115)(H,97,111)(H,98,110)(H,99,112)(H,100,113)(H,101,114)(H4,85,86,92)/t50-,59+,60-,62+,63+,64-,65-,66-,67+,68+/m1/s1. The maximum absolute atomic E-state index is 15.2. The molecular weight excluding hydrogens is 1540 g/mol. The number of rotatable bonds is 46. The van der Waals surface area contributed by atoms with Crippen molar-refractivity contribution in [3.8, 4) is 0 Å². The number of hydrogen-bond donors (Lipinski definition) is 16. The Kier molecular flexibility index (Phi) is 37.3. The van der Waals surface area contributed by atoms with Gasteiger partial charge in [0.15, 0.2) is 5.96 Å². The lowest BCUT2D eigenvalue weighted by atomic mass is 9.99. The number of halogens is 1. The SMILES string of the molecule is CC(=O)N[C@H](Cc1ccc2ccccc2c1)C(=O)N[C@H](Cc1ccc(Cl)cc1)C(=O)N[C@H](Cc1cccnc1)C(=O)N[C@@H](CO)C(=O)N[C@@H](CCCCNC(=O)c1ccccn1)C(=O)N[C@H](CCCCNC(=O)CN(C)C(=O)c1ccccn1)C(=O)N[C@@H](CC(C)C)C(=O)N[C@@H](CCCNC(=N)N)C(=O)N1CCC[C@H]1C(=O)N[C@H](C)C(N)=O. The highest BCUT2D eigenvalue weighted by molar-refractivity contribution is 6.30. The molecule has 0 spiro atoms. The van der Waals surface area contributed by atoms with Gasteiger partial charge in [0.05, 0.1) is 13.2 Å². The Morgan fingerprint density at radius 3 is 1.62 bits per heavy atom. The fourth-order valence-electron chi connectivity index (χ4n) is 13.1. The monoisotopic (exact) mass is 1650 g/mol. The fourth-order valence-corrected chi connectivity index (χ4v) is 13.2. The van der Waals surface area contributed by atoms with E-state index in [4.69, 9.17) is 28.5 Å². The minimum atomic E-state index is -1.87. The number of guanidine groups is 1. The minimum Gasteiger partial charge on any atom is -0.394 e. The molecule has 118 heavy (non-hydrogen) atoms. The number of primary amides is 1. The summed E-state index contributed by atoms with van der Waals surface area (Å²) in [6, 6.07) is 18.2. The smallest absolute Gasteiger partial charge is 0.272 e. The number of aliphatic hydroxyl groups excluding tert-OH is 1. The largest absolute Gasteiger partial charge is 0.394 e. The Labute approximate surface area is 688 Å². The molecule has 1 fully saturated rings. The zero-order valence-electron chi connectivity index (χ0n) is 66.7. The average Bonchev–Trinajstić information content (AvgIpc) is 1.44. The normalized spacial score (nSPS) is 14.6. The Morgan fingerprint density at radius 2 is 1.04 bits per heavy atom. The lowest BCUT2D eigenvalue weighted by Crippen LogP contribution is -2.61. The number of carbonyl (C=O) groups excluding carboxylic acids is 14. The van der Waals surface area contributed by atoms with Gasteiger partial charge in [0.25, 0.3) is 11.8 Å². The number of likely N-dealkylation sites (tertiary alicyclic amines) is 1. The molecule has 14 amide bonds. The van der Waals surface area contributed by atoms with Crippen molar-refractivity contribution in [3.05, 3.63) is 173 Å². The van der Waals surface area contributed by atoms with Crippen LogP contribution in [0.1, 0.15) is 136 Å². The highest BCUT2D eigenvalue weighted by atomic mass is 35.5. The zero-order chi connectivity index (χ0) is 85.8. The van der Waals surface area contributed by atoms with Gasteiger partial charge in [-0.3, -0.25) is 87.5 Å². The number of likely N-dealkylation sites (N-methyl/N-ethyl adjacent to an activating group) is 1. The third kappa shape index (κ3) is 30.6. The maximum atomic E-state index is 15.2. The number of unbranched alkanes of at least 4 members (excludes halogenated alkanes) is 2. The second kappa shape index (κ2) is 47.5. The van der Waals surface area contributed by atoms with E-state index in [1.165, 1.54) is 67.6 Å². The van der Waals surface area contributed by atoms with Crippen LogP contribution in [0.2, 0.25) is 5.02 Å². The molecular formula is C82H107ClN20O15. The quantitative estimate of drug-likeness (QED) is 0.0141. The number of benzene rings is 3. The molecule has 18 N–H and O–H groups in total. The molecule has 36 heteroatoms. The van der Waals surface area contributed by atoms with E-state index >= 15 is 9.59 Å². The summed E-state index contributed by atoms with van der Waals surface area (Å²) in [5, 5.41) is 53.3. The van der Waals surface area contributed by atoms with Crippen molar-refractivity contribution in [2.24, 2.45) is 17.4 Å². The average molecular weight is 1650 g/mol. The number of hydrogen-bond acceptors (Lipinski definition) is 19. The molecule has 1 aliphatic heterocycles. The molecule has 0 radical (unpaired) electrons. The highest BCUT2D eigenvalue weighted by Crippen LogP contribution is 2.22. The Balaban J connectivity index is 1.16. The predicted octanol–water partition coefficient (Wildman–Crippen LogP) is 0.546. The van der Waals surface area contributed by atoms with Crippen LogP contribution in [0.4, 0.5) is 0 Å². The molecule has 3 aromatic carbocycles. The highest BCUT2D eigenvalue weighted by Gasteiger charge is 2.41. The number of aromatic nitrogens is 3. The number of aliphatic hydroxyl groups is 1. The molecule has 0 bridgehead atoms. The summed E-state index contributed by atoms with van der Waals surface area (Å²) < 4.78 is 0. The minimum absolute atomic E-state index is 0.0109. The van der Waals surface area contributed by atoms with E-state index in [-0.39, 0.29) is 139 Å². The van der Waals surface area contributed by atoms with E-state index < -0.39 is 150 Å². The van der Waals surface area contributed by atoms with Gasteiger partial charge in [-0.05, 0) is 153 Å². The molecule has 0 saturated carbocycles. The van der Waals surface area contributed by atoms with Crippen molar-refractivity contribution >= 4 is 111 Å². The second-order valence-electron chi connectivity index (χ2n) is 29.3. The van der Waals surface area contributed by atoms with Crippen LogP contribution in [-0.2, 0) is 76.8 Å². The lowest BCUT2D eigenvalue weighted by Gasteiger charge is -2.31. The fraction of sp³-hybridized carbons (Fsp3) is 0.439. The van der Waals surface area contributed by atoms with Crippen LogP contribution in [0.25, 0.3) is 10.8 Å². The molecule has 7 rings (SSSR count). The van der Waals surface area contributed by atoms with E-state index in [2.05, 4.69) is 78.8 Å². The molecule has 35 nitrogen and oxygen atoms in total. The van der Waals surface area contributed by atoms with Crippen LogP contribution >= 0.6 is 11.6 Å². The summed E-state index contributed by atoms with van der Waals surface area (Å²) in [6.07, 6.45) is 6.17. The number of fused-ring (bicyclic) bond motifs is 1. The summed E-state index contributed by atoms with van der Waals surface area (Å²) in [6.45, 7) is 4.97. The Hall–Kier alpha value is -12.5. The second-order valence-corrected chi connectivity index (χ2v) is 29.7. The van der Waals surface area contributed by atoms with Gasteiger partial charge < -0.3 is 90.2 Å². The van der Waals surface area contributed by atoms with Gasteiger partial charge >= 0.3 is 0 Å². The molecule has 0 unspecified atom stereocenters. The molecule has 1 aliphatic rings. The molecule has 6 aromatic rings. The van der Waals surface area contributed by atoms with Crippen LogP contribution < -0.4 is 75.3 Å². The first kappa shape index (κ1) is 92.6. The number of nitrogens with zero attached hydrogens (tertiary/aromatic N) is 5. The Bertz CT molecular complexity index is 4440. The predicted molar refractivity (Wildman–Crippen MR) is 438 cm³/mol. The van der Waals surface area contributed by atoms with Gasteiger partial charge in [-0.2, -0.15) is 0 Å². The van der Waals surface area contributed by atoms with Crippen LogP contribution in [0.15, 0.2) is 140 Å². The Morgan fingerprint density at radius 1 is 0.534 bits per heavy atom. The van der Waals surface area contributed by atoms with E-state index in [1.807, 2.05) is 42.5 Å². The summed E-state index contributed by atoms with van der Waals surface area (Å²) in [7, 11) is 1.43. The van der Waals surface area contributed by atoms with E-state index in [1.54, 1.807) is 74.5 Å². The zero-order valence-corrected chi connectivity index (χ0v) is 67.5. The topological polar surface area (TPSA) is 525 Å². The molecule has 4 heterocycles. The van der Waals surface area contributed by atoms with Crippen LogP contribution in [0.3, 0.4) is 0 Å². The van der Waals surface area contributed by atoms with Crippen LogP contribution in [-0.4, -0.2) is 225 Å². The van der Waals surface area contributed by atoms with Gasteiger partial charge in [-0.15, -0.1) is 0 Å². The first-order chi connectivity index (χ1) is 56.5. The first-order valence-corrected chi connectivity index (χ1v) is 39.6. The third-order valence-corrected chi connectivity index (χ3v) is 19.6. The van der Waals surface area contributed by atoms with E-state index in [0.29, 0.717) is 28.1 Å². The number of pyridine rings is 3. The molecule has 1 saturated heterocycles.